The third-order valence-corrected chi connectivity index (χ3v) is 4.31. The fraction of sp³-hybridized carbons (Fsp3) is 0.0952. The molecule has 0 spiro atoms. The number of esters is 1. The molecule has 0 radical (unpaired) electrons. The zero-order valence-electron chi connectivity index (χ0n) is 14.3. The van der Waals surface area contributed by atoms with Gasteiger partial charge in [-0.25, -0.2) is 9.69 Å². The van der Waals surface area contributed by atoms with Crippen molar-refractivity contribution in [3.63, 3.8) is 0 Å². The summed E-state index contributed by atoms with van der Waals surface area (Å²) in [6.07, 6.45) is 0. The molecule has 2 amide bonds. The van der Waals surface area contributed by atoms with E-state index in [0.717, 1.165) is 15.7 Å². The Balaban J connectivity index is 1.33. The smallest absolute Gasteiger partial charge is 0.345 e. The summed E-state index contributed by atoms with van der Waals surface area (Å²) in [6.45, 7) is -0.756. The summed E-state index contributed by atoms with van der Waals surface area (Å²) < 4.78 is 10.5. The lowest BCUT2D eigenvalue weighted by Crippen LogP contribution is -2.34. The molecule has 27 heavy (non-hydrogen) atoms. The number of ether oxygens (including phenoxy) is 2. The van der Waals surface area contributed by atoms with Crippen molar-refractivity contribution in [1.29, 1.82) is 0 Å². The average molecular weight is 361 g/mol. The van der Waals surface area contributed by atoms with E-state index in [2.05, 4.69) is 0 Å². The second-order valence-corrected chi connectivity index (χ2v) is 6.03. The van der Waals surface area contributed by atoms with Crippen molar-refractivity contribution in [1.82, 2.24) is 4.90 Å². The lowest BCUT2D eigenvalue weighted by Gasteiger charge is -2.14. The molecule has 0 atom stereocenters. The van der Waals surface area contributed by atoms with Gasteiger partial charge in [0.1, 0.15) is 5.75 Å². The van der Waals surface area contributed by atoms with E-state index in [1.165, 1.54) is 0 Å². The van der Waals surface area contributed by atoms with Crippen molar-refractivity contribution in [3.05, 3.63) is 77.9 Å². The number of carbonyl (C=O) groups excluding carboxylic acids is 3. The van der Waals surface area contributed by atoms with Gasteiger partial charge in [-0.15, -0.1) is 0 Å². The van der Waals surface area contributed by atoms with Crippen LogP contribution in [0.4, 0.5) is 0 Å². The average Bonchev–Trinajstić information content (AvgIpc) is 2.95. The molecule has 3 aromatic carbocycles. The van der Waals surface area contributed by atoms with Gasteiger partial charge in [-0.1, -0.05) is 42.5 Å². The topological polar surface area (TPSA) is 72.9 Å². The van der Waals surface area contributed by atoms with Gasteiger partial charge in [-0.3, -0.25) is 9.59 Å². The van der Waals surface area contributed by atoms with Crippen molar-refractivity contribution < 1.29 is 23.9 Å². The van der Waals surface area contributed by atoms with Crippen molar-refractivity contribution >= 4 is 28.6 Å². The number of rotatable bonds is 5. The summed E-state index contributed by atoms with van der Waals surface area (Å²) in [6, 6.07) is 19.8. The van der Waals surface area contributed by atoms with Crippen LogP contribution in [-0.4, -0.2) is 36.0 Å². The molecular formula is C21H15NO5. The first-order chi connectivity index (χ1) is 13.1. The van der Waals surface area contributed by atoms with E-state index in [9.17, 15) is 14.4 Å². The van der Waals surface area contributed by atoms with Crippen LogP contribution < -0.4 is 4.74 Å². The second kappa shape index (κ2) is 6.92. The summed E-state index contributed by atoms with van der Waals surface area (Å²) in [7, 11) is 0. The quantitative estimate of drug-likeness (QED) is 0.516. The lowest BCUT2D eigenvalue weighted by atomic mass is 10.1. The first-order valence-corrected chi connectivity index (χ1v) is 8.36. The van der Waals surface area contributed by atoms with E-state index in [4.69, 9.17) is 9.47 Å². The second-order valence-electron chi connectivity index (χ2n) is 6.03. The van der Waals surface area contributed by atoms with Crippen molar-refractivity contribution in [2.75, 3.05) is 13.3 Å². The molecule has 3 aromatic rings. The van der Waals surface area contributed by atoms with Crippen LogP contribution in [0.2, 0.25) is 0 Å². The molecule has 6 heteroatoms. The van der Waals surface area contributed by atoms with Gasteiger partial charge in [-0.05, 0) is 35.0 Å². The third-order valence-electron chi connectivity index (χ3n) is 4.31. The van der Waals surface area contributed by atoms with Gasteiger partial charge in [0.2, 0.25) is 0 Å². The first kappa shape index (κ1) is 16.8. The van der Waals surface area contributed by atoms with Crippen molar-refractivity contribution in [3.8, 4) is 5.75 Å². The normalized spacial score (nSPS) is 13.0. The van der Waals surface area contributed by atoms with Crippen LogP contribution in [0, 0.1) is 0 Å². The number of benzene rings is 3. The highest BCUT2D eigenvalue weighted by molar-refractivity contribution is 6.21. The SMILES string of the molecule is O=C(COc1ccc2ccccc2c1)OCN1C(=O)c2ccccc2C1=O. The number of fused-ring (bicyclic) bond motifs is 2. The minimum atomic E-state index is -0.667. The van der Waals surface area contributed by atoms with Gasteiger partial charge in [0, 0.05) is 0 Å². The van der Waals surface area contributed by atoms with Gasteiger partial charge in [0.25, 0.3) is 11.8 Å². The third kappa shape index (κ3) is 3.25. The summed E-state index contributed by atoms with van der Waals surface area (Å²) in [5.74, 6) is -1.08. The minimum Gasteiger partial charge on any atom is -0.482 e. The number of amides is 2. The molecule has 134 valence electrons. The molecule has 0 fully saturated rings. The van der Waals surface area contributed by atoms with Crippen molar-refractivity contribution in [2.45, 2.75) is 0 Å². The Morgan fingerprint density at radius 2 is 1.44 bits per heavy atom. The maximum absolute atomic E-state index is 12.2. The van der Waals surface area contributed by atoms with E-state index >= 15 is 0 Å². The summed E-state index contributed by atoms with van der Waals surface area (Å²) in [5, 5.41) is 2.06. The zero-order valence-corrected chi connectivity index (χ0v) is 14.3. The largest absolute Gasteiger partial charge is 0.482 e. The van der Waals surface area contributed by atoms with Gasteiger partial charge in [0.15, 0.2) is 13.3 Å². The Morgan fingerprint density at radius 3 is 2.15 bits per heavy atom. The van der Waals surface area contributed by atoms with E-state index < -0.39 is 24.5 Å². The van der Waals surface area contributed by atoms with Gasteiger partial charge < -0.3 is 9.47 Å². The fourth-order valence-corrected chi connectivity index (χ4v) is 2.93. The zero-order chi connectivity index (χ0) is 18.8. The molecular weight excluding hydrogens is 346 g/mol. The van der Waals surface area contributed by atoms with E-state index in [1.807, 2.05) is 36.4 Å². The Labute approximate surface area is 154 Å². The van der Waals surface area contributed by atoms with Crippen LogP contribution in [0.3, 0.4) is 0 Å². The van der Waals surface area contributed by atoms with Crippen molar-refractivity contribution in [2.24, 2.45) is 0 Å². The molecule has 0 saturated heterocycles. The van der Waals surface area contributed by atoms with Crippen LogP contribution in [0.25, 0.3) is 10.8 Å². The molecule has 4 rings (SSSR count). The summed E-state index contributed by atoms with van der Waals surface area (Å²) >= 11 is 0. The number of carbonyl (C=O) groups is 3. The van der Waals surface area contributed by atoms with Crippen LogP contribution in [0.5, 0.6) is 5.75 Å². The first-order valence-electron chi connectivity index (χ1n) is 8.36. The molecule has 0 saturated carbocycles. The molecule has 0 aliphatic carbocycles. The Bertz CT molecular complexity index is 1020. The molecule has 6 nitrogen and oxygen atoms in total. The number of hydrogen-bond acceptors (Lipinski definition) is 5. The Morgan fingerprint density at radius 1 is 0.815 bits per heavy atom. The van der Waals surface area contributed by atoms with Crippen LogP contribution in [0.1, 0.15) is 20.7 Å². The molecule has 0 N–H and O–H groups in total. The maximum atomic E-state index is 12.2. The maximum Gasteiger partial charge on any atom is 0.345 e. The summed E-state index contributed by atoms with van der Waals surface area (Å²) in [5.41, 5.74) is 0.622. The fourth-order valence-electron chi connectivity index (χ4n) is 2.93. The van der Waals surface area contributed by atoms with Gasteiger partial charge in [-0.2, -0.15) is 0 Å². The lowest BCUT2D eigenvalue weighted by molar-refractivity contribution is -0.148. The highest BCUT2D eigenvalue weighted by Crippen LogP contribution is 2.22. The molecule has 0 unspecified atom stereocenters. The van der Waals surface area contributed by atoms with Crippen LogP contribution >= 0.6 is 0 Å². The molecule has 0 bridgehead atoms. The standard InChI is InChI=1S/C21H15NO5/c23-19(12-26-16-10-9-14-5-1-2-6-15(14)11-16)27-13-22-20(24)17-7-3-4-8-18(17)21(22)25/h1-11H,12-13H2. The Hall–Kier alpha value is -3.67. The van der Waals surface area contributed by atoms with Gasteiger partial charge in [0.05, 0.1) is 11.1 Å². The predicted octanol–water partition coefficient (Wildman–Crippen LogP) is 3.02. The molecule has 1 aliphatic rings. The van der Waals surface area contributed by atoms with Crippen LogP contribution in [0.15, 0.2) is 66.7 Å². The monoisotopic (exact) mass is 361 g/mol. The minimum absolute atomic E-state index is 0.311. The van der Waals surface area contributed by atoms with Crippen LogP contribution in [-0.2, 0) is 9.53 Å². The van der Waals surface area contributed by atoms with E-state index in [0.29, 0.717) is 16.9 Å². The predicted molar refractivity (Wildman–Crippen MR) is 97.3 cm³/mol. The number of hydrogen-bond donors (Lipinski definition) is 0. The highest BCUT2D eigenvalue weighted by atomic mass is 16.6. The number of nitrogens with zero attached hydrogens (tertiary/aromatic N) is 1. The summed E-state index contributed by atoms with van der Waals surface area (Å²) in [4.78, 5) is 37.2. The Kier molecular flexibility index (Phi) is 4.30. The molecule has 0 aromatic heterocycles. The molecule has 1 heterocycles. The highest BCUT2D eigenvalue weighted by Gasteiger charge is 2.35. The van der Waals surface area contributed by atoms with Gasteiger partial charge >= 0.3 is 5.97 Å². The number of imide groups is 1. The van der Waals surface area contributed by atoms with E-state index in [-0.39, 0.29) is 6.61 Å². The molecule has 1 aliphatic heterocycles. The van der Waals surface area contributed by atoms with E-state index in [1.54, 1.807) is 30.3 Å².